The highest BCUT2D eigenvalue weighted by Gasteiger charge is 2.25. The van der Waals surface area contributed by atoms with E-state index in [2.05, 4.69) is 31.6 Å². The van der Waals surface area contributed by atoms with Crippen molar-refractivity contribution < 1.29 is 14.6 Å². The largest absolute Gasteiger partial charge is 0.384 e. The molecule has 0 amide bonds. The smallest absolute Gasteiger partial charge is 0.224 e. The number of aldehydes is 1. The average molecular weight is 527 g/mol. The molecule has 5 heterocycles. The van der Waals surface area contributed by atoms with E-state index in [0.717, 1.165) is 67.4 Å². The predicted octanol–water partition coefficient (Wildman–Crippen LogP) is 1.04. The van der Waals surface area contributed by atoms with Gasteiger partial charge in [-0.1, -0.05) is 0 Å². The highest BCUT2D eigenvalue weighted by molar-refractivity contribution is 7.19. The molecule has 12 heteroatoms. The molecule has 5 rings (SSSR count). The monoisotopic (exact) mass is 526 g/mol. The zero-order chi connectivity index (χ0) is 25.9. The molecule has 1 N–H and O–H groups in total. The van der Waals surface area contributed by atoms with Gasteiger partial charge in [-0.15, -0.1) is 11.3 Å². The summed E-state index contributed by atoms with van der Waals surface area (Å²) in [7, 11) is 3.83. The molecule has 2 aliphatic rings. The van der Waals surface area contributed by atoms with Crippen molar-refractivity contribution in [2.75, 3.05) is 82.9 Å². The standard InChI is InChI=1S/C25H34N8O3S/c1-17-20(15-32-6-4-31(5-7-32)14-19(35)16-34)37-22-21(17)28-23(18-12-26-25(27-13-18)30(2)3)29-24(22)33-8-10-36-11-9-33/h12-13,16,19,35H,4-11,14-15H2,1-3H3/t19-/m0/s1. The number of aliphatic hydroxyl groups is 1. The van der Waals surface area contributed by atoms with E-state index in [0.29, 0.717) is 37.8 Å². The van der Waals surface area contributed by atoms with Crippen molar-refractivity contribution in [3.8, 4) is 11.4 Å². The number of carbonyl (C=O) groups is 1. The van der Waals surface area contributed by atoms with Crippen LogP contribution in [0.25, 0.3) is 21.6 Å². The Morgan fingerprint density at radius 1 is 1.08 bits per heavy atom. The van der Waals surface area contributed by atoms with Crippen molar-refractivity contribution in [3.05, 3.63) is 22.8 Å². The number of β-amino-alcohol motifs (C(OH)–C–C–N with tert-alkyl or cyclic N) is 1. The summed E-state index contributed by atoms with van der Waals surface area (Å²) in [6.07, 6.45) is 3.27. The number of carbonyl (C=O) groups excluding carboxylic acids is 1. The van der Waals surface area contributed by atoms with E-state index >= 15 is 0 Å². The number of aryl methyl sites for hydroxylation is 1. The van der Waals surface area contributed by atoms with Gasteiger partial charge in [0.25, 0.3) is 0 Å². The second-order valence-corrected chi connectivity index (χ2v) is 10.8. The molecule has 0 saturated carbocycles. The minimum Gasteiger partial charge on any atom is -0.384 e. The number of aromatic nitrogens is 4. The number of nitrogens with zero attached hydrogens (tertiary/aromatic N) is 8. The van der Waals surface area contributed by atoms with Crippen molar-refractivity contribution in [2.24, 2.45) is 0 Å². The fourth-order valence-electron chi connectivity index (χ4n) is 4.70. The normalized spacial score (nSPS) is 18.3. The highest BCUT2D eigenvalue weighted by Crippen LogP contribution is 2.38. The van der Waals surface area contributed by atoms with Crippen LogP contribution in [0.4, 0.5) is 11.8 Å². The van der Waals surface area contributed by atoms with Gasteiger partial charge < -0.3 is 24.4 Å². The number of anilines is 2. The molecule has 0 spiro atoms. The van der Waals surface area contributed by atoms with Crippen molar-refractivity contribution in [2.45, 2.75) is 19.6 Å². The third-order valence-electron chi connectivity index (χ3n) is 6.89. The molecular formula is C25H34N8O3S. The molecule has 3 aromatic rings. The molecule has 0 bridgehead atoms. The summed E-state index contributed by atoms with van der Waals surface area (Å²) in [5, 5.41) is 9.65. The van der Waals surface area contributed by atoms with Crippen LogP contribution in [0.1, 0.15) is 10.4 Å². The molecule has 0 unspecified atom stereocenters. The number of aliphatic hydroxyl groups excluding tert-OH is 1. The fraction of sp³-hybridized carbons (Fsp3) is 0.560. The number of ether oxygens (including phenoxy) is 1. The summed E-state index contributed by atoms with van der Waals surface area (Å²) < 4.78 is 6.71. The first-order valence-electron chi connectivity index (χ1n) is 12.6. The van der Waals surface area contributed by atoms with Gasteiger partial charge in [0.2, 0.25) is 5.95 Å². The Hall–Kier alpha value is -2.77. The first-order valence-corrected chi connectivity index (χ1v) is 13.4. The molecule has 11 nitrogen and oxygen atoms in total. The number of piperazine rings is 1. The summed E-state index contributed by atoms with van der Waals surface area (Å²) in [4.78, 5) is 39.8. The maximum Gasteiger partial charge on any atom is 0.224 e. The second kappa shape index (κ2) is 11.3. The SMILES string of the molecule is Cc1c(CN2CCN(C[C@H](O)C=O)CC2)sc2c(N3CCOCC3)nc(-c3cnc(N(C)C)nc3)nc12. The van der Waals surface area contributed by atoms with Crippen molar-refractivity contribution in [1.29, 1.82) is 0 Å². The number of fused-ring (bicyclic) bond motifs is 1. The quantitative estimate of drug-likeness (QED) is 0.425. The zero-order valence-electron chi connectivity index (χ0n) is 21.6. The predicted molar refractivity (Wildman–Crippen MR) is 144 cm³/mol. The summed E-state index contributed by atoms with van der Waals surface area (Å²) in [5.74, 6) is 2.23. The van der Waals surface area contributed by atoms with Crippen LogP contribution in [0.15, 0.2) is 12.4 Å². The molecule has 198 valence electrons. The fourth-order valence-corrected chi connectivity index (χ4v) is 6.00. The van der Waals surface area contributed by atoms with Crippen molar-refractivity contribution in [1.82, 2.24) is 29.7 Å². The van der Waals surface area contributed by atoms with Crippen LogP contribution in [0, 0.1) is 6.92 Å². The molecule has 37 heavy (non-hydrogen) atoms. The second-order valence-electron chi connectivity index (χ2n) is 9.74. The Morgan fingerprint density at radius 2 is 1.76 bits per heavy atom. The Balaban J connectivity index is 1.44. The van der Waals surface area contributed by atoms with E-state index in [1.54, 1.807) is 23.7 Å². The zero-order valence-corrected chi connectivity index (χ0v) is 22.4. The van der Waals surface area contributed by atoms with Gasteiger partial charge in [0.1, 0.15) is 12.4 Å². The Morgan fingerprint density at radius 3 is 2.41 bits per heavy atom. The van der Waals surface area contributed by atoms with Crippen LogP contribution < -0.4 is 9.80 Å². The number of rotatable bonds is 8. The Bertz CT molecular complexity index is 1220. The van der Waals surface area contributed by atoms with Crippen molar-refractivity contribution >= 4 is 39.6 Å². The number of hydrogen-bond donors (Lipinski definition) is 1. The lowest BCUT2D eigenvalue weighted by Crippen LogP contribution is -2.48. The van der Waals surface area contributed by atoms with Gasteiger partial charge in [0, 0.05) is 83.7 Å². The lowest BCUT2D eigenvalue weighted by Gasteiger charge is -2.34. The molecule has 0 radical (unpaired) electrons. The molecule has 3 aromatic heterocycles. The molecule has 0 aromatic carbocycles. The lowest BCUT2D eigenvalue weighted by atomic mass is 10.2. The van der Waals surface area contributed by atoms with Gasteiger partial charge in [0.15, 0.2) is 11.6 Å². The first-order chi connectivity index (χ1) is 17.9. The van der Waals surface area contributed by atoms with Gasteiger partial charge in [0.05, 0.1) is 29.0 Å². The van der Waals surface area contributed by atoms with Gasteiger partial charge in [-0.25, -0.2) is 19.9 Å². The van der Waals surface area contributed by atoms with Gasteiger partial charge in [-0.05, 0) is 12.5 Å². The van der Waals surface area contributed by atoms with Crippen LogP contribution in [-0.2, 0) is 16.1 Å². The number of hydrogen-bond acceptors (Lipinski definition) is 12. The van der Waals surface area contributed by atoms with Gasteiger partial charge >= 0.3 is 0 Å². The number of thiophene rings is 1. The Labute approximate surface area is 220 Å². The van der Waals surface area contributed by atoms with E-state index in [-0.39, 0.29) is 0 Å². The molecular weight excluding hydrogens is 492 g/mol. The maximum atomic E-state index is 10.8. The van der Waals surface area contributed by atoms with Crippen LogP contribution in [0.2, 0.25) is 0 Å². The topological polar surface area (TPSA) is 111 Å². The molecule has 2 saturated heterocycles. The van der Waals surface area contributed by atoms with Gasteiger partial charge in [-0.2, -0.15) is 0 Å². The Kier molecular flexibility index (Phi) is 7.91. The molecule has 2 fully saturated rings. The van der Waals surface area contributed by atoms with Crippen molar-refractivity contribution in [3.63, 3.8) is 0 Å². The van der Waals surface area contributed by atoms with E-state index < -0.39 is 6.10 Å². The average Bonchev–Trinajstić information content (AvgIpc) is 3.24. The van der Waals surface area contributed by atoms with E-state index in [9.17, 15) is 9.90 Å². The molecule has 2 aliphatic heterocycles. The van der Waals surface area contributed by atoms with Crippen LogP contribution >= 0.6 is 11.3 Å². The maximum absolute atomic E-state index is 10.8. The van der Waals surface area contributed by atoms with Crippen LogP contribution in [0.5, 0.6) is 0 Å². The summed E-state index contributed by atoms with van der Waals surface area (Å²) >= 11 is 1.78. The van der Waals surface area contributed by atoms with Gasteiger partial charge in [-0.3, -0.25) is 9.80 Å². The van der Waals surface area contributed by atoms with Crippen LogP contribution in [0.3, 0.4) is 0 Å². The third-order valence-corrected chi connectivity index (χ3v) is 8.15. The van der Waals surface area contributed by atoms with E-state index in [1.165, 1.54) is 10.4 Å². The summed E-state index contributed by atoms with van der Waals surface area (Å²) in [5.41, 5.74) is 2.96. The summed E-state index contributed by atoms with van der Waals surface area (Å²) in [6, 6.07) is 0. The first kappa shape index (κ1) is 25.9. The minimum atomic E-state index is -0.910. The summed E-state index contributed by atoms with van der Waals surface area (Å²) in [6.45, 7) is 9.80. The van der Waals surface area contributed by atoms with E-state index in [1.807, 2.05) is 19.0 Å². The molecule has 0 aliphatic carbocycles. The lowest BCUT2D eigenvalue weighted by molar-refractivity contribution is -0.115. The van der Waals surface area contributed by atoms with E-state index in [4.69, 9.17) is 14.7 Å². The molecule has 1 atom stereocenters. The third kappa shape index (κ3) is 5.73. The number of morpholine rings is 1. The highest BCUT2D eigenvalue weighted by atomic mass is 32.1. The minimum absolute atomic E-state index is 0.403. The van der Waals surface area contributed by atoms with Crippen LogP contribution in [-0.4, -0.2) is 120 Å².